The standard InChI is InChI=1S/C31H26F4N4O6/c1-4-38-16-21(29(41)39(30(38)42)19-8-5-17(32)6-9-19)28(40)37-18-7-10-25(22(13-18)31(33,34)35)45-24-11-12-36-23-15-27(44-3)26(43-2)14-20(23)24/h5-15,21H,4,16H2,1-3H3,(H,37,40). The number of urea groups is 1. The van der Waals surface area contributed by atoms with Gasteiger partial charge in [-0.05, 0) is 61.5 Å². The van der Waals surface area contributed by atoms with Gasteiger partial charge in [-0.3, -0.25) is 14.6 Å². The number of halogens is 4. The number of rotatable bonds is 8. The molecule has 0 bridgehead atoms. The minimum atomic E-state index is -4.90. The summed E-state index contributed by atoms with van der Waals surface area (Å²) in [7, 11) is 2.85. The number of hydrogen-bond acceptors (Lipinski definition) is 7. The first-order chi connectivity index (χ1) is 21.4. The fraction of sp³-hybridized carbons (Fsp3) is 0.226. The maximum atomic E-state index is 14.3. The van der Waals surface area contributed by atoms with Crippen molar-refractivity contribution < 1.29 is 46.2 Å². The molecule has 4 aromatic rings. The number of methoxy groups -OCH3 is 2. The van der Waals surface area contributed by atoms with Crippen molar-refractivity contribution in [2.24, 2.45) is 5.92 Å². The van der Waals surface area contributed by atoms with Crippen LogP contribution in [0.1, 0.15) is 12.5 Å². The Kier molecular flexibility index (Phi) is 8.49. The van der Waals surface area contributed by atoms with Gasteiger partial charge < -0.3 is 24.4 Å². The average molecular weight is 627 g/mol. The lowest BCUT2D eigenvalue weighted by molar-refractivity contribution is -0.138. The van der Waals surface area contributed by atoms with Crippen LogP contribution in [-0.2, 0) is 15.8 Å². The molecule has 14 heteroatoms. The van der Waals surface area contributed by atoms with Gasteiger partial charge in [-0.15, -0.1) is 0 Å². The van der Waals surface area contributed by atoms with Crippen LogP contribution in [0.2, 0.25) is 0 Å². The molecule has 3 aromatic carbocycles. The van der Waals surface area contributed by atoms with Gasteiger partial charge >= 0.3 is 12.2 Å². The highest BCUT2D eigenvalue weighted by atomic mass is 19.4. The van der Waals surface area contributed by atoms with E-state index in [0.717, 1.165) is 23.1 Å². The fourth-order valence-corrected chi connectivity index (χ4v) is 4.86. The van der Waals surface area contributed by atoms with Crippen molar-refractivity contribution in [3.63, 3.8) is 0 Å². The van der Waals surface area contributed by atoms with Crippen molar-refractivity contribution in [1.82, 2.24) is 9.88 Å². The molecule has 2 heterocycles. The number of fused-ring (bicyclic) bond motifs is 1. The second-order valence-electron chi connectivity index (χ2n) is 9.86. The van der Waals surface area contributed by atoms with Crippen LogP contribution in [0, 0.1) is 11.7 Å². The van der Waals surface area contributed by atoms with E-state index >= 15 is 0 Å². The van der Waals surface area contributed by atoms with Crippen LogP contribution in [0.15, 0.2) is 66.9 Å². The molecule has 5 rings (SSSR count). The molecule has 1 saturated heterocycles. The van der Waals surface area contributed by atoms with E-state index in [1.807, 2.05) is 0 Å². The average Bonchev–Trinajstić information content (AvgIpc) is 3.01. The molecule has 1 aliphatic rings. The lowest BCUT2D eigenvalue weighted by Gasteiger charge is -2.37. The summed E-state index contributed by atoms with van der Waals surface area (Å²) >= 11 is 0. The van der Waals surface area contributed by atoms with E-state index in [9.17, 15) is 31.9 Å². The van der Waals surface area contributed by atoms with Crippen LogP contribution in [0.5, 0.6) is 23.0 Å². The largest absolute Gasteiger partial charge is 0.493 e. The number of nitrogens with one attached hydrogen (secondary N) is 1. The fourth-order valence-electron chi connectivity index (χ4n) is 4.86. The molecule has 1 aliphatic heterocycles. The number of imide groups is 1. The molecule has 0 radical (unpaired) electrons. The van der Waals surface area contributed by atoms with Gasteiger partial charge in [0.25, 0.3) is 0 Å². The second-order valence-corrected chi connectivity index (χ2v) is 9.86. The number of nitrogens with zero attached hydrogens (tertiary/aromatic N) is 3. The summed E-state index contributed by atoms with van der Waals surface area (Å²) in [6.07, 6.45) is -3.53. The number of hydrogen-bond donors (Lipinski definition) is 1. The molecule has 1 N–H and O–H groups in total. The van der Waals surface area contributed by atoms with Gasteiger partial charge in [0, 0.05) is 36.4 Å². The number of alkyl halides is 3. The van der Waals surface area contributed by atoms with E-state index in [0.29, 0.717) is 28.5 Å². The summed E-state index contributed by atoms with van der Waals surface area (Å²) in [6, 6.07) is 11.2. The number of anilines is 2. The first-order valence-corrected chi connectivity index (χ1v) is 13.5. The molecule has 234 valence electrons. The van der Waals surface area contributed by atoms with Crippen LogP contribution in [0.4, 0.5) is 33.7 Å². The Morgan fingerprint density at radius 3 is 2.29 bits per heavy atom. The molecule has 1 fully saturated rings. The Hall–Kier alpha value is -5.40. The highest BCUT2D eigenvalue weighted by Crippen LogP contribution is 2.42. The van der Waals surface area contributed by atoms with E-state index in [4.69, 9.17) is 14.2 Å². The van der Waals surface area contributed by atoms with Crippen molar-refractivity contribution in [2.45, 2.75) is 13.1 Å². The highest BCUT2D eigenvalue weighted by Gasteiger charge is 2.43. The predicted molar refractivity (Wildman–Crippen MR) is 155 cm³/mol. The monoisotopic (exact) mass is 626 g/mol. The van der Waals surface area contributed by atoms with E-state index in [1.54, 1.807) is 13.0 Å². The van der Waals surface area contributed by atoms with Crippen LogP contribution < -0.4 is 24.4 Å². The minimum Gasteiger partial charge on any atom is -0.493 e. The lowest BCUT2D eigenvalue weighted by Crippen LogP contribution is -2.59. The van der Waals surface area contributed by atoms with Crippen LogP contribution >= 0.6 is 0 Å². The van der Waals surface area contributed by atoms with Gasteiger partial charge in [0.05, 0.1) is 25.4 Å². The minimum absolute atomic E-state index is 0.0444. The zero-order valence-corrected chi connectivity index (χ0v) is 24.1. The molecule has 0 spiro atoms. The molecule has 4 amide bonds. The summed E-state index contributed by atoms with van der Waals surface area (Å²) in [5.74, 6) is -3.69. The maximum absolute atomic E-state index is 14.3. The molecule has 1 atom stereocenters. The third-order valence-corrected chi connectivity index (χ3v) is 7.15. The molecule has 45 heavy (non-hydrogen) atoms. The SMILES string of the molecule is CCN1CC(C(=O)Nc2ccc(Oc3ccnc4cc(OC)c(OC)cc34)c(C(F)(F)F)c2)C(=O)N(c2ccc(F)cc2)C1=O. The van der Waals surface area contributed by atoms with Gasteiger partial charge in [-0.25, -0.2) is 14.1 Å². The summed E-state index contributed by atoms with van der Waals surface area (Å²) in [5, 5.41) is 2.72. The van der Waals surface area contributed by atoms with Gasteiger partial charge in [0.2, 0.25) is 11.8 Å². The predicted octanol–water partition coefficient (Wildman–Crippen LogP) is 6.25. The van der Waals surface area contributed by atoms with Crippen LogP contribution in [-0.4, -0.2) is 55.0 Å². The van der Waals surface area contributed by atoms with Crippen molar-refractivity contribution in [3.8, 4) is 23.0 Å². The second kappa shape index (κ2) is 12.3. The highest BCUT2D eigenvalue weighted by molar-refractivity contribution is 6.23. The molecule has 0 saturated carbocycles. The summed E-state index contributed by atoms with van der Waals surface area (Å²) < 4.78 is 72.5. The summed E-state index contributed by atoms with van der Waals surface area (Å²) in [5.41, 5.74) is -1.03. The Balaban J connectivity index is 1.44. The first-order valence-electron chi connectivity index (χ1n) is 13.5. The Labute approximate surface area is 254 Å². The Morgan fingerprint density at radius 1 is 0.956 bits per heavy atom. The Bertz CT molecular complexity index is 1780. The van der Waals surface area contributed by atoms with Gasteiger partial charge in [0.15, 0.2) is 11.5 Å². The maximum Gasteiger partial charge on any atom is 0.420 e. The molecule has 1 unspecified atom stereocenters. The quantitative estimate of drug-likeness (QED) is 0.182. The number of pyridine rings is 1. The first kappa shape index (κ1) is 31.0. The molecule has 10 nitrogen and oxygen atoms in total. The normalized spacial score (nSPS) is 15.3. The van der Waals surface area contributed by atoms with Crippen LogP contribution in [0.3, 0.4) is 0 Å². The van der Waals surface area contributed by atoms with Gasteiger partial charge in [-0.1, -0.05) is 0 Å². The number of ether oxygens (including phenoxy) is 3. The van der Waals surface area contributed by atoms with Crippen LogP contribution in [0.25, 0.3) is 10.9 Å². The van der Waals surface area contributed by atoms with Crippen molar-refractivity contribution in [1.29, 1.82) is 0 Å². The zero-order chi connectivity index (χ0) is 32.5. The zero-order valence-electron chi connectivity index (χ0n) is 24.1. The smallest absolute Gasteiger partial charge is 0.420 e. The third kappa shape index (κ3) is 6.16. The van der Waals surface area contributed by atoms with Crippen molar-refractivity contribution in [2.75, 3.05) is 37.5 Å². The van der Waals surface area contributed by atoms with E-state index in [1.165, 1.54) is 55.6 Å². The summed E-state index contributed by atoms with van der Waals surface area (Å²) in [6.45, 7) is 1.48. The van der Waals surface area contributed by atoms with E-state index in [2.05, 4.69) is 10.3 Å². The topological polar surface area (TPSA) is 110 Å². The van der Waals surface area contributed by atoms with Gasteiger partial charge in [-0.2, -0.15) is 13.2 Å². The molecule has 0 aliphatic carbocycles. The number of carbonyl (C=O) groups is 3. The van der Waals surface area contributed by atoms with Crippen molar-refractivity contribution in [3.05, 3.63) is 78.2 Å². The lowest BCUT2D eigenvalue weighted by atomic mass is 10.0. The van der Waals surface area contributed by atoms with Gasteiger partial charge in [0.1, 0.15) is 28.8 Å². The molecular weight excluding hydrogens is 600 g/mol. The number of benzene rings is 3. The molecular formula is C31H26F4N4O6. The molecule has 1 aromatic heterocycles. The number of amides is 4. The Morgan fingerprint density at radius 2 is 1.64 bits per heavy atom. The number of aromatic nitrogens is 1. The van der Waals surface area contributed by atoms with E-state index in [-0.39, 0.29) is 30.2 Å². The summed E-state index contributed by atoms with van der Waals surface area (Å²) in [4.78, 5) is 45.7. The third-order valence-electron chi connectivity index (χ3n) is 7.15. The number of carbonyl (C=O) groups excluding carboxylic acids is 3. The van der Waals surface area contributed by atoms with E-state index < -0.39 is 47.1 Å². The van der Waals surface area contributed by atoms with Crippen molar-refractivity contribution >= 4 is 40.1 Å².